The molecule has 1 amide bonds. The number of alkyl carbamates (subject to hydrolysis) is 1. The van der Waals surface area contributed by atoms with Crippen molar-refractivity contribution in [1.29, 1.82) is 0 Å². The predicted octanol–water partition coefficient (Wildman–Crippen LogP) is 2.61. The number of hydrogen-bond donors (Lipinski definition) is 1. The van der Waals surface area contributed by atoms with E-state index in [9.17, 15) is 4.79 Å². The van der Waals surface area contributed by atoms with Crippen LogP contribution in [0.5, 0.6) is 0 Å². The van der Waals surface area contributed by atoms with Gasteiger partial charge >= 0.3 is 6.09 Å². The molecular weight excluding hydrogens is 240 g/mol. The zero-order valence-corrected chi connectivity index (χ0v) is 12.2. The second-order valence-corrected chi connectivity index (χ2v) is 5.44. The predicted molar refractivity (Wildman–Crippen MR) is 71.4 cm³/mol. The fourth-order valence-corrected chi connectivity index (χ4v) is 1.46. The first-order chi connectivity index (χ1) is 7.80. The molecule has 0 aliphatic rings. The lowest BCUT2D eigenvalue weighted by molar-refractivity contribution is 0.0517. The number of rotatable bonds is 4. The third-order valence-electron chi connectivity index (χ3n) is 1.60. The third-order valence-corrected chi connectivity index (χ3v) is 2.16. The first kappa shape index (κ1) is 16.1. The van der Waals surface area contributed by atoms with Crippen molar-refractivity contribution in [2.45, 2.75) is 46.3 Å². The Hall–Kier alpha value is -0.910. The molecule has 0 spiro atoms. The third kappa shape index (κ3) is 7.90. The van der Waals surface area contributed by atoms with Crippen LogP contribution in [0.15, 0.2) is 4.40 Å². The zero-order chi connectivity index (χ0) is 13.5. The molecule has 5 nitrogen and oxygen atoms in total. The number of carbonyl (C=O) groups excluding carboxylic acids is 1. The van der Waals surface area contributed by atoms with Gasteiger partial charge in [0.05, 0.1) is 7.11 Å². The van der Waals surface area contributed by atoms with Crippen LogP contribution in [0.25, 0.3) is 0 Å². The Kier molecular flexibility index (Phi) is 7.03. The summed E-state index contributed by atoms with van der Waals surface area (Å²) in [7, 11) is 1.53. The monoisotopic (exact) mass is 262 g/mol. The van der Waals surface area contributed by atoms with Crippen molar-refractivity contribution in [2.24, 2.45) is 4.40 Å². The van der Waals surface area contributed by atoms with E-state index in [4.69, 9.17) is 9.47 Å². The molecule has 0 heterocycles. The molecule has 0 saturated heterocycles. The van der Waals surface area contributed by atoms with Gasteiger partial charge in [-0.05, 0) is 39.6 Å². The number of nitrogens with zero attached hydrogens (tertiary/aromatic N) is 1. The van der Waals surface area contributed by atoms with Gasteiger partial charge in [0.1, 0.15) is 11.6 Å². The maximum absolute atomic E-state index is 11.5. The van der Waals surface area contributed by atoms with Crippen LogP contribution in [-0.4, -0.2) is 36.5 Å². The highest BCUT2D eigenvalue weighted by atomic mass is 32.2. The van der Waals surface area contributed by atoms with E-state index in [1.807, 2.05) is 27.7 Å². The summed E-state index contributed by atoms with van der Waals surface area (Å²) < 4.78 is 14.4. The maximum Gasteiger partial charge on any atom is 0.408 e. The largest absolute Gasteiger partial charge is 0.482 e. The van der Waals surface area contributed by atoms with Gasteiger partial charge in [-0.3, -0.25) is 0 Å². The van der Waals surface area contributed by atoms with Crippen molar-refractivity contribution in [3.8, 4) is 0 Å². The van der Waals surface area contributed by atoms with E-state index < -0.39 is 11.7 Å². The van der Waals surface area contributed by atoms with Gasteiger partial charge in [-0.25, -0.2) is 4.79 Å². The van der Waals surface area contributed by atoms with Gasteiger partial charge in [-0.1, -0.05) is 6.92 Å². The molecule has 0 rings (SSSR count). The Morgan fingerprint density at radius 1 is 1.47 bits per heavy atom. The van der Waals surface area contributed by atoms with Crippen molar-refractivity contribution in [3.05, 3.63) is 0 Å². The van der Waals surface area contributed by atoms with Crippen LogP contribution < -0.4 is 5.32 Å². The van der Waals surface area contributed by atoms with Gasteiger partial charge in [0.25, 0.3) is 0 Å². The summed E-state index contributed by atoms with van der Waals surface area (Å²) in [5.74, 6) is 1.33. The Labute approximate surface area is 107 Å². The first-order valence-electron chi connectivity index (χ1n) is 5.53. The van der Waals surface area contributed by atoms with Gasteiger partial charge in [0.15, 0.2) is 0 Å². The first-order valence-corrected chi connectivity index (χ1v) is 6.47. The molecular formula is C11H22N2O3S. The minimum absolute atomic E-state index is 0.311. The second kappa shape index (κ2) is 7.42. The van der Waals surface area contributed by atoms with E-state index in [0.717, 1.165) is 5.75 Å². The number of amides is 1. The molecule has 100 valence electrons. The molecule has 0 aliphatic carbocycles. The van der Waals surface area contributed by atoms with Crippen LogP contribution in [0, 0.1) is 0 Å². The Morgan fingerprint density at radius 3 is 2.47 bits per heavy atom. The van der Waals surface area contributed by atoms with Crippen molar-refractivity contribution < 1.29 is 14.3 Å². The standard InChI is InChI=1S/C11H22N2O3S/c1-7-17-13-9(15-6)8(2)12-10(14)16-11(3,4)5/h8H,7H2,1-6H3,(H,12,14)/b13-9-. The number of nitrogens with one attached hydrogen (secondary N) is 1. The normalized spacial score (nSPS) is 14.1. The van der Waals surface area contributed by atoms with E-state index >= 15 is 0 Å². The number of ether oxygens (including phenoxy) is 2. The molecule has 6 heteroatoms. The summed E-state index contributed by atoms with van der Waals surface area (Å²) in [4.78, 5) is 11.5. The molecule has 0 bridgehead atoms. The lowest BCUT2D eigenvalue weighted by Gasteiger charge is -2.22. The van der Waals surface area contributed by atoms with Crippen LogP contribution in [0.4, 0.5) is 4.79 Å². The summed E-state index contributed by atoms with van der Waals surface area (Å²) in [6.45, 7) is 9.23. The molecule has 0 radical (unpaired) electrons. The highest BCUT2D eigenvalue weighted by Gasteiger charge is 2.20. The zero-order valence-electron chi connectivity index (χ0n) is 11.4. The van der Waals surface area contributed by atoms with Crippen LogP contribution in [0.3, 0.4) is 0 Å². The maximum atomic E-state index is 11.5. The second-order valence-electron chi connectivity index (χ2n) is 4.42. The van der Waals surface area contributed by atoms with Gasteiger partial charge in [-0.2, -0.15) is 4.40 Å². The molecule has 0 fully saturated rings. The van der Waals surface area contributed by atoms with Crippen LogP contribution in [-0.2, 0) is 9.47 Å². The summed E-state index contributed by atoms with van der Waals surface area (Å²) in [6.07, 6.45) is -0.476. The summed E-state index contributed by atoms with van der Waals surface area (Å²) in [6, 6.07) is -0.311. The minimum atomic E-state index is -0.508. The molecule has 0 aromatic heterocycles. The average molecular weight is 262 g/mol. The van der Waals surface area contributed by atoms with Crippen molar-refractivity contribution in [1.82, 2.24) is 5.32 Å². The van der Waals surface area contributed by atoms with E-state index in [1.165, 1.54) is 19.1 Å². The molecule has 1 unspecified atom stereocenters. The Morgan fingerprint density at radius 2 is 2.06 bits per heavy atom. The molecule has 1 N–H and O–H groups in total. The molecule has 17 heavy (non-hydrogen) atoms. The highest BCUT2D eigenvalue weighted by molar-refractivity contribution is 7.98. The van der Waals surface area contributed by atoms with E-state index in [2.05, 4.69) is 9.71 Å². The lowest BCUT2D eigenvalue weighted by Crippen LogP contribution is -2.42. The van der Waals surface area contributed by atoms with E-state index in [0.29, 0.717) is 5.90 Å². The molecule has 0 saturated carbocycles. The van der Waals surface area contributed by atoms with Crippen LogP contribution in [0.1, 0.15) is 34.6 Å². The molecule has 0 aliphatic heterocycles. The Bertz CT molecular complexity index is 274. The highest BCUT2D eigenvalue weighted by Crippen LogP contribution is 2.08. The van der Waals surface area contributed by atoms with Gasteiger partial charge in [0, 0.05) is 5.75 Å². The lowest BCUT2D eigenvalue weighted by atomic mass is 10.2. The van der Waals surface area contributed by atoms with Crippen molar-refractivity contribution >= 4 is 23.9 Å². The van der Waals surface area contributed by atoms with E-state index in [1.54, 1.807) is 6.92 Å². The van der Waals surface area contributed by atoms with Gasteiger partial charge in [0.2, 0.25) is 5.90 Å². The number of carbonyl (C=O) groups is 1. The summed E-state index contributed by atoms with van der Waals surface area (Å²) in [5, 5.41) is 2.67. The summed E-state index contributed by atoms with van der Waals surface area (Å²) >= 11 is 1.38. The average Bonchev–Trinajstić information content (AvgIpc) is 2.15. The molecule has 1 atom stereocenters. The Balaban J connectivity index is 4.31. The molecule has 0 aromatic rings. The van der Waals surface area contributed by atoms with E-state index in [-0.39, 0.29) is 6.04 Å². The van der Waals surface area contributed by atoms with Crippen molar-refractivity contribution in [2.75, 3.05) is 12.9 Å². The SMILES string of the molecule is CCS/N=C(\OC)C(C)NC(=O)OC(C)(C)C. The molecule has 0 aromatic carbocycles. The van der Waals surface area contributed by atoms with Gasteiger partial charge < -0.3 is 14.8 Å². The fourth-order valence-electron chi connectivity index (χ4n) is 0.967. The summed E-state index contributed by atoms with van der Waals surface area (Å²) in [5.41, 5.74) is -0.508. The van der Waals surface area contributed by atoms with Crippen molar-refractivity contribution in [3.63, 3.8) is 0 Å². The quantitative estimate of drug-likeness (QED) is 0.480. The number of hydrogen-bond acceptors (Lipinski definition) is 5. The van der Waals surface area contributed by atoms with Gasteiger partial charge in [-0.15, -0.1) is 0 Å². The fraction of sp³-hybridized carbons (Fsp3) is 0.818. The number of methoxy groups -OCH3 is 1. The van der Waals surface area contributed by atoms with Crippen LogP contribution in [0.2, 0.25) is 0 Å². The topological polar surface area (TPSA) is 59.9 Å². The van der Waals surface area contributed by atoms with Crippen LogP contribution >= 0.6 is 11.9 Å². The minimum Gasteiger partial charge on any atom is -0.482 e. The smallest absolute Gasteiger partial charge is 0.408 e.